The van der Waals surface area contributed by atoms with E-state index >= 15 is 0 Å². The fraction of sp³-hybridized carbons (Fsp3) is 0.625. The Morgan fingerprint density at radius 1 is 1.57 bits per heavy atom. The van der Waals surface area contributed by atoms with Crippen LogP contribution in [0.15, 0.2) is 11.4 Å². The van der Waals surface area contributed by atoms with Crippen molar-refractivity contribution in [2.24, 2.45) is 0 Å². The Morgan fingerprint density at radius 2 is 2.39 bits per heavy atom. The summed E-state index contributed by atoms with van der Waals surface area (Å²) in [5.74, 6) is -0.0566. The Bertz CT molecular complexity index is 555. The molecule has 0 aromatic carbocycles. The van der Waals surface area contributed by atoms with Gasteiger partial charge >= 0.3 is 0 Å². The zero-order chi connectivity index (χ0) is 16.7. The monoisotopic (exact) mass is 336 g/mol. The third kappa shape index (κ3) is 5.29. The molecule has 1 aromatic heterocycles. The molecule has 7 heteroatoms. The molecule has 1 N–H and O–H groups in total. The number of rotatable bonds is 7. The maximum atomic E-state index is 12.2. The van der Waals surface area contributed by atoms with E-state index in [2.05, 4.69) is 28.1 Å². The number of hydrogen-bond donors (Lipinski definition) is 1. The van der Waals surface area contributed by atoms with E-state index in [1.807, 2.05) is 12.3 Å². The highest BCUT2D eigenvalue weighted by Gasteiger charge is 2.24. The SMILES string of the molecule is CCOCCN1CCN(CC(=O)Nc2sccc2C#N)C[C@H]1C. The lowest BCUT2D eigenvalue weighted by molar-refractivity contribution is -0.118. The summed E-state index contributed by atoms with van der Waals surface area (Å²) in [5, 5.41) is 14.3. The molecular formula is C16H24N4O2S. The van der Waals surface area contributed by atoms with Gasteiger partial charge in [0.15, 0.2) is 0 Å². The van der Waals surface area contributed by atoms with Gasteiger partial charge in [-0.2, -0.15) is 5.26 Å². The van der Waals surface area contributed by atoms with E-state index in [0.29, 0.717) is 23.2 Å². The molecule has 1 fully saturated rings. The van der Waals surface area contributed by atoms with Crippen molar-refractivity contribution in [3.8, 4) is 6.07 Å². The molecule has 1 amide bonds. The number of carbonyl (C=O) groups excluding carboxylic acids is 1. The smallest absolute Gasteiger partial charge is 0.239 e. The number of piperazine rings is 1. The molecule has 0 radical (unpaired) electrons. The van der Waals surface area contributed by atoms with E-state index in [1.165, 1.54) is 11.3 Å². The van der Waals surface area contributed by atoms with Crippen molar-refractivity contribution < 1.29 is 9.53 Å². The van der Waals surface area contributed by atoms with E-state index in [-0.39, 0.29) is 5.91 Å². The molecule has 1 saturated heterocycles. The molecule has 0 unspecified atom stereocenters. The highest BCUT2D eigenvalue weighted by atomic mass is 32.1. The number of ether oxygens (including phenoxy) is 1. The number of nitriles is 1. The van der Waals surface area contributed by atoms with Gasteiger partial charge in [0.2, 0.25) is 5.91 Å². The predicted octanol–water partition coefficient (Wildman–Crippen LogP) is 1.60. The van der Waals surface area contributed by atoms with Crippen LogP contribution in [0.4, 0.5) is 5.00 Å². The number of thiophene rings is 1. The summed E-state index contributed by atoms with van der Waals surface area (Å²) >= 11 is 1.38. The summed E-state index contributed by atoms with van der Waals surface area (Å²) in [6.07, 6.45) is 0. The van der Waals surface area contributed by atoms with Crippen molar-refractivity contribution in [2.75, 3.05) is 51.3 Å². The molecule has 1 aliphatic heterocycles. The number of carbonyl (C=O) groups is 1. The molecule has 2 heterocycles. The van der Waals surface area contributed by atoms with E-state index in [1.54, 1.807) is 6.07 Å². The molecule has 1 atom stereocenters. The third-order valence-electron chi connectivity index (χ3n) is 3.98. The van der Waals surface area contributed by atoms with Crippen LogP contribution in [0.5, 0.6) is 0 Å². The minimum absolute atomic E-state index is 0.0566. The fourth-order valence-electron chi connectivity index (χ4n) is 2.74. The number of anilines is 1. The van der Waals surface area contributed by atoms with Gasteiger partial charge in [-0.25, -0.2) is 0 Å². The van der Waals surface area contributed by atoms with Gasteiger partial charge in [0.05, 0.1) is 18.7 Å². The predicted molar refractivity (Wildman–Crippen MR) is 91.6 cm³/mol. The lowest BCUT2D eigenvalue weighted by atomic mass is 10.2. The van der Waals surface area contributed by atoms with Gasteiger partial charge < -0.3 is 10.1 Å². The summed E-state index contributed by atoms with van der Waals surface area (Å²) in [7, 11) is 0. The molecule has 1 aliphatic rings. The van der Waals surface area contributed by atoms with Crippen LogP contribution in [0.1, 0.15) is 19.4 Å². The summed E-state index contributed by atoms with van der Waals surface area (Å²) in [4.78, 5) is 16.7. The van der Waals surface area contributed by atoms with Gasteiger partial charge in [-0.15, -0.1) is 11.3 Å². The molecule has 2 rings (SSSR count). The van der Waals surface area contributed by atoms with Gasteiger partial charge in [0, 0.05) is 38.8 Å². The molecule has 126 valence electrons. The first-order chi connectivity index (χ1) is 11.1. The van der Waals surface area contributed by atoms with Gasteiger partial charge in [-0.3, -0.25) is 14.6 Å². The molecular weight excluding hydrogens is 312 g/mol. The van der Waals surface area contributed by atoms with E-state index in [4.69, 9.17) is 10.00 Å². The van der Waals surface area contributed by atoms with Crippen molar-refractivity contribution in [1.82, 2.24) is 9.80 Å². The van der Waals surface area contributed by atoms with Crippen LogP contribution in [0.2, 0.25) is 0 Å². The Hall–Kier alpha value is -1.46. The molecule has 23 heavy (non-hydrogen) atoms. The minimum atomic E-state index is -0.0566. The average Bonchev–Trinajstić information content (AvgIpc) is 2.96. The first-order valence-electron chi connectivity index (χ1n) is 7.95. The van der Waals surface area contributed by atoms with Crippen molar-refractivity contribution in [3.63, 3.8) is 0 Å². The van der Waals surface area contributed by atoms with Crippen LogP contribution < -0.4 is 5.32 Å². The number of amides is 1. The van der Waals surface area contributed by atoms with E-state index in [9.17, 15) is 4.79 Å². The topological polar surface area (TPSA) is 68.6 Å². The lowest BCUT2D eigenvalue weighted by Gasteiger charge is -2.39. The largest absolute Gasteiger partial charge is 0.380 e. The standard InChI is InChI=1S/C16H24N4O2S/c1-3-22-8-7-20-6-5-19(11-13(20)2)12-15(21)18-16-14(10-17)4-9-23-16/h4,9,13H,3,5-8,11-12H2,1-2H3,(H,18,21)/t13-/m1/s1. The molecule has 0 bridgehead atoms. The van der Waals surface area contributed by atoms with Crippen molar-refractivity contribution in [3.05, 3.63) is 17.0 Å². The van der Waals surface area contributed by atoms with E-state index in [0.717, 1.165) is 39.4 Å². The lowest BCUT2D eigenvalue weighted by Crippen LogP contribution is -2.54. The van der Waals surface area contributed by atoms with Crippen LogP contribution >= 0.6 is 11.3 Å². The van der Waals surface area contributed by atoms with Crippen LogP contribution in [-0.4, -0.2) is 67.7 Å². The van der Waals surface area contributed by atoms with Crippen molar-refractivity contribution >= 4 is 22.2 Å². The summed E-state index contributed by atoms with van der Waals surface area (Å²) in [5.41, 5.74) is 0.525. The zero-order valence-electron chi connectivity index (χ0n) is 13.7. The van der Waals surface area contributed by atoms with E-state index < -0.39 is 0 Å². The van der Waals surface area contributed by atoms with Crippen molar-refractivity contribution in [1.29, 1.82) is 5.26 Å². The van der Waals surface area contributed by atoms with Crippen LogP contribution in [-0.2, 0) is 9.53 Å². The Labute approximate surface area is 141 Å². The van der Waals surface area contributed by atoms with Crippen LogP contribution in [0, 0.1) is 11.3 Å². The zero-order valence-corrected chi connectivity index (χ0v) is 14.6. The normalized spacial score (nSPS) is 19.4. The average molecular weight is 336 g/mol. The Morgan fingerprint density at radius 3 is 3.09 bits per heavy atom. The second-order valence-electron chi connectivity index (χ2n) is 5.64. The van der Waals surface area contributed by atoms with Crippen LogP contribution in [0.25, 0.3) is 0 Å². The summed E-state index contributed by atoms with van der Waals surface area (Å²) in [6, 6.07) is 4.22. The number of nitrogens with zero attached hydrogens (tertiary/aromatic N) is 3. The highest BCUT2D eigenvalue weighted by molar-refractivity contribution is 7.14. The minimum Gasteiger partial charge on any atom is -0.380 e. The second-order valence-corrected chi connectivity index (χ2v) is 6.56. The molecule has 1 aromatic rings. The Kier molecular flexibility index (Phi) is 6.99. The highest BCUT2D eigenvalue weighted by Crippen LogP contribution is 2.22. The maximum absolute atomic E-state index is 12.2. The molecule has 0 aliphatic carbocycles. The first kappa shape index (κ1) is 17.9. The van der Waals surface area contributed by atoms with Gasteiger partial charge in [-0.1, -0.05) is 0 Å². The van der Waals surface area contributed by atoms with Crippen LogP contribution in [0.3, 0.4) is 0 Å². The molecule has 0 saturated carbocycles. The third-order valence-corrected chi connectivity index (χ3v) is 4.81. The molecule has 0 spiro atoms. The number of nitrogens with one attached hydrogen (secondary N) is 1. The first-order valence-corrected chi connectivity index (χ1v) is 8.83. The second kappa shape index (κ2) is 8.99. The fourth-order valence-corrected chi connectivity index (χ4v) is 3.49. The van der Waals surface area contributed by atoms with Gasteiger partial charge in [0.1, 0.15) is 11.1 Å². The van der Waals surface area contributed by atoms with Gasteiger partial charge in [0.25, 0.3) is 0 Å². The summed E-state index contributed by atoms with van der Waals surface area (Å²) < 4.78 is 5.41. The summed E-state index contributed by atoms with van der Waals surface area (Å²) in [6.45, 7) is 9.70. The maximum Gasteiger partial charge on any atom is 0.239 e. The quantitative estimate of drug-likeness (QED) is 0.766. The van der Waals surface area contributed by atoms with Gasteiger partial charge in [-0.05, 0) is 25.3 Å². The van der Waals surface area contributed by atoms with Crippen molar-refractivity contribution in [2.45, 2.75) is 19.9 Å². The Balaban J connectivity index is 1.76. The number of hydrogen-bond acceptors (Lipinski definition) is 6. The molecule has 6 nitrogen and oxygen atoms in total.